The third-order valence-electron chi connectivity index (χ3n) is 4.67. The number of hydrogen-bond acceptors (Lipinski definition) is 5. The summed E-state index contributed by atoms with van der Waals surface area (Å²) in [7, 11) is 0. The van der Waals surface area contributed by atoms with Gasteiger partial charge >= 0.3 is 0 Å². The van der Waals surface area contributed by atoms with E-state index in [4.69, 9.17) is 20.9 Å². The number of benzene rings is 3. The smallest absolute Gasteiger partial charge is 0.277 e. The number of thioether (sulfide) groups is 1. The molecule has 0 spiro atoms. The first kappa shape index (κ1) is 22.0. The second-order valence-corrected chi connectivity index (χ2v) is 8.58. The molecule has 0 atom stereocenters. The van der Waals surface area contributed by atoms with Gasteiger partial charge < -0.3 is 14.6 Å². The average molecular weight is 465 g/mol. The van der Waals surface area contributed by atoms with Crippen LogP contribution in [0, 0.1) is 0 Å². The summed E-state index contributed by atoms with van der Waals surface area (Å²) in [4.78, 5) is 13.7. The maximum Gasteiger partial charge on any atom is 0.277 e. The molecule has 5 nitrogen and oxygen atoms in total. The van der Waals surface area contributed by atoms with Gasteiger partial charge in [0, 0.05) is 27.1 Å². The van der Waals surface area contributed by atoms with Crippen molar-refractivity contribution in [3.8, 4) is 17.1 Å². The monoisotopic (exact) mass is 464 g/mol. The van der Waals surface area contributed by atoms with E-state index in [9.17, 15) is 4.79 Å². The van der Waals surface area contributed by atoms with Crippen molar-refractivity contribution in [3.63, 3.8) is 0 Å². The zero-order chi connectivity index (χ0) is 22.3. The second kappa shape index (κ2) is 10.4. The lowest BCUT2D eigenvalue weighted by Crippen LogP contribution is -2.12. The molecule has 0 aliphatic carbocycles. The van der Waals surface area contributed by atoms with Gasteiger partial charge in [-0.15, -0.1) is 11.8 Å². The van der Waals surface area contributed by atoms with Crippen molar-refractivity contribution in [2.75, 3.05) is 11.1 Å². The lowest BCUT2D eigenvalue weighted by molar-refractivity contribution is 0.101. The molecule has 0 unspecified atom stereocenters. The Morgan fingerprint density at radius 2 is 1.81 bits per heavy atom. The molecule has 0 aliphatic rings. The maximum atomic E-state index is 12.6. The predicted molar refractivity (Wildman–Crippen MR) is 129 cm³/mol. The van der Waals surface area contributed by atoms with Crippen LogP contribution in [-0.4, -0.2) is 16.8 Å². The first-order chi connectivity index (χ1) is 15.6. The number of rotatable bonds is 8. The third-order valence-corrected chi connectivity index (χ3v) is 5.99. The van der Waals surface area contributed by atoms with E-state index >= 15 is 0 Å². The highest BCUT2D eigenvalue weighted by molar-refractivity contribution is 7.99. The molecule has 3 aromatic carbocycles. The van der Waals surface area contributed by atoms with Crippen LogP contribution in [0.4, 0.5) is 5.69 Å². The molecule has 0 bridgehead atoms. The van der Waals surface area contributed by atoms with Gasteiger partial charge in [0.25, 0.3) is 5.91 Å². The molecule has 0 saturated heterocycles. The number of para-hydroxylation sites is 1. The molecule has 0 fully saturated rings. The van der Waals surface area contributed by atoms with Crippen LogP contribution in [0.2, 0.25) is 5.02 Å². The fourth-order valence-corrected chi connectivity index (χ4v) is 4.00. The predicted octanol–water partition coefficient (Wildman–Crippen LogP) is 6.94. The third kappa shape index (κ3) is 5.33. The second-order valence-electron chi connectivity index (χ2n) is 6.86. The number of ether oxygens (including phenoxy) is 1. The summed E-state index contributed by atoms with van der Waals surface area (Å²) in [5.74, 6) is 1.81. The topological polar surface area (TPSA) is 64.4 Å². The van der Waals surface area contributed by atoms with Crippen LogP contribution < -0.4 is 10.1 Å². The molecule has 0 radical (unpaired) electrons. The number of nitrogens with one attached hydrogen (secondary N) is 1. The fraction of sp³-hybridized carbons (Fsp3) is 0.120. The number of hydrogen-bond donors (Lipinski definition) is 1. The minimum atomic E-state index is -0.316. The van der Waals surface area contributed by atoms with Gasteiger partial charge in [-0.1, -0.05) is 54.0 Å². The maximum absolute atomic E-state index is 12.6. The molecular weight excluding hydrogens is 444 g/mol. The Hall–Kier alpha value is -3.22. The molecule has 162 valence electrons. The molecule has 1 amide bonds. The number of carbonyl (C=O) groups excluding carboxylic acids is 1. The number of halogens is 1. The van der Waals surface area contributed by atoms with Crippen molar-refractivity contribution in [2.24, 2.45) is 0 Å². The summed E-state index contributed by atoms with van der Waals surface area (Å²) in [6.45, 7) is 2.45. The van der Waals surface area contributed by atoms with Gasteiger partial charge in [0.15, 0.2) is 11.5 Å². The molecule has 1 aromatic heterocycles. The van der Waals surface area contributed by atoms with E-state index in [-0.39, 0.29) is 11.6 Å². The van der Waals surface area contributed by atoms with Crippen LogP contribution in [0.25, 0.3) is 11.3 Å². The summed E-state index contributed by atoms with van der Waals surface area (Å²) < 4.78 is 11.2. The number of amides is 1. The molecule has 1 N–H and O–H groups in total. The van der Waals surface area contributed by atoms with Crippen molar-refractivity contribution >= 4 is 35.0 Å². The van der Waals surface area contributed by atoms with Crippen molar-refractivity contribution in [1.82, 2.24) is 5.16 Å². The highest BCUT2D eigenvalue weighted by Crippen LogP contribution is 2.28. The Morgan fingerprint density at radius 3 is 2.59 bits per heavy atom. The quantitative estimate of drug-likeness (QED) is 0.286. The summed E-state index contributed by atoms with van der Waals surface area (Å²) in [5, 5.41) is 7.52. The first-order valence-electron chi connectivity index (χ1n) is 10.1. The minimum Gasteiger partial charge on any atom is -0.489 e. The van der Waals surface area contributed by atoms with Gasteiger partial charge in [-0.25, -0.2) is 0 Å². The first-order valence-corrected chi connectivity index (χ1v) is 11.5. The molecule has 0 aliphatic heterocycles. The SMILES string of the molecule is CCSc1ccccc1NC(=O)c1cc(-c2ccc(OCc3ccccc3Cl)cc2)on1. The van der Waals surface area contributed by atoms with E-state index in [1.165, 1.54) is 0 Å². The average Bonchev–Trinajstić information content (AvgIpc) is 3.31. The summed E-state index contributed by atoms with van der Waals surface area (Å²) in [5.41, 5.74) is 2.69. The zero-order valence-corrected chi connectivity index (χ0v) is 19.0. The molecule has 1 heterocycles. The van der Waals surface area contributed by atoms with Gasteiger partial charge in [0.05, 0.1) is 5.69 Å². The van der Waals surface area contributed by atoms with Gasteiger partial charge in [0.1, 0.15) is 12.4 Å². The van der Waals surface area contributed by atoms with Gasteiger partial charge in [-0.3, -0.25) is 4.79 Å². The summed E-state index contributed by atoms with van der Waals surface area (Å²) in [6, 6.07) is 24.3. The number of anilines is 1. The lowest BCUT2D eigenvalue weighted by Gasteiger charge is -2.08. The van der Waals surface area contributed by atoms with Crippen molar-refractivity contribution in [2.45, 2.75) is 18.4 Å². The van der Waals surface area contributed by atoms with Crippen molar-refractivity contribution in [1.29, 1.82) is 0 Å². The van der Waals surface area contributed by atoms with E-state index in [1.54, 1.807) is 17.8 Å². The minimum absolute atomic E-state index is 0.218. The Labute approximate surface area is 195 Å². The number of carbonyl (C=O) groups is 1. The normalized spacial score (nSPS) is 10.7. The standard InChI is InChI=1S/C25H21ClN2O3S/c1-2-32-24-10-6-5-9-21(24)27-25(29)22-15-23(31-28-22)17-11-13-19(14-12-17)30-16-18-7-3-4-8-20(18)26/h3-15H,2,16H2,1H3,(H,27,29). The molecule has 4 rings (SSSR count). The van der Waals surface area contributed by atoms with Crippen molar-refractivity contribution in [3.05, 3.63) is 95.1 Å². The van der Waals surface area contributed by atoms with Crippen LogP contribution in [0.15, 0.2) is 88.3 Å². The van der Waals surface area contributed by atoms with Gasteiger partial charge in [0.2, 0.25) is 0 Å². The Balaban J connectivity index is 1.41. The zero-order valence-electron chi connectivity index (χ0n) is 17.4. The molecule has 7 heteroatoms. The number of aromatic nitrogens is 1. The van der Waals surface area contributed by atoms with Crippen molar-refractivity contribution < 1.29 is 14.1 Å². The van der Waals surface area contributed by atoms with E-state index in [1.807, 2.05) is 72.8 Å². The molecule has 4 aromatic rings. The summed E-state index contributed by atoms with van der Waals surface area (Å²) >= 11 is 7.83. The molecular formula is C25H21ClN2O3S. The molecule has 32 heavy (non-hydrogen) atoms. The number of nitrogens with zero attached hydrogens (tertiary/aromatic N) is 1. The Bertz CT molecular complexity index is 1210. The fourth-order valence-electron chi connectivity index (χ4n) is 3.05. The van der Waals surface area contributed by atoms with E-state index in [2.05, 4.69) is 17.4 Å². The van der Waals surface area contributed by atoms with Crippen LogP contribution in [0.3, 0.4) is 0 Å². The van der Waals surface area contributed by atoms with Crippen LogP contribution in [-0.2, 0) is 6.61 Å². The van der Waals surface area contributed by atoms with Crippen LogP contribution >= 0.6 is 23.4 Å². The van der Waals surface area contributed by atoms with Gasteiger partial charge in [-0.2, -0.15) is 0 Å². The summed E-state index contributed by atoms with van der Waals surface area (Å²) in [6.07, 6.45) is 0. The highest BCUT2D eigenvalue weighted by atomic mass is 35.5. The van der Waals surface area contributed by atoms with E-state index < -0.39 is 0 Å². The van der Waals surface area contributed by atoms with E-state index in [0.29, 0.717) is 23.1 Å². The largest absolute Gasteiger partial charge is 0.489 e. The Kier molecular flexibility index (Phi) is 7.14. The van der Waals surface area contributed by atoms with Crippen LogP contribution in [0.1, 0.15) is 23.0 Å². The van der Waals surface area contributed by atoms with Crippen LogP contribution in [0.5, 0.6) is 5.75 Å². The molecule has 0 saturated carbocycles. The van der Waals surface area contributed by atoms with Gasteiger partial charge in [-0.05, 0) is 48.2 Å². The van der Waals surface area contributed by atoms with E-state index in [0.717, 1.165) is 27.5 Å². The highest BCUT2D eigenvalue weighted by Gasteiger charge is 2.15. The lowest BCUT2D eigenvalue weighted by atomic mass is 10.1. The Morgan fingerprint density at radius 1 is 1.06 bits per heavy atom.